The van der Waals surface area contributed by atoms with Crippen LogP contribution >= 0.6 is 23.1 Å². The molecule has 96 valence electrons. The molecule has 1 heterocycles. The molecule has 3 nitrogen and oxygen atoms in total. The van der Waals surface area contributed by atoms with Crippen LogP contribution in [0.3, 0.4) is 0 Å². The Balaban J connectivity index is 2.21. The third-order valence-corrected chi connectivity index (χ3v) is 4.05. The Morgan fingerprint density at radius 3 is 3.00 bits per heavy atom. The molecule has 0 spiro atoms. The van der Waals surface area contributed by atoms with Crippen molar-refractivity contribution in [3.8, 4) is 0 Å². The van der Waals surface area contributed by atoms with Crippen molar-refractivity contribution in [2.24, 2.45) is 5.73 Å². The molecule has 2 rings (SSSR count). The molecule has 1 atom stereocenters. The molecular weight excluding hydrogens is 273 g/mol. The standard InChI is InChI=1S/C12H13ClFN3S/c1-2-10-12(18-17-16-10)9(15)6-7-4-3-5-8(14)11(7)13/h3-5,9H,2,6,15H2,1H3. The molecule has 2 N–H and O–H groups in total. The summed E-state index contributed by atoms with van der Waals surface area (Å²) in [5, 5.41) is 4.16. The molecule has 2 aromatic rings. The van der Waals surface area contributed by atoms with Crippen molar-refractivity contribution in [2.75, 3.05) is 0 Å². The number of hydrogen-bond donors (Lipinski definition) is 1. The molecule has 0 aliphatic carbocycles. The van der Waals surface area contributed by atoms with Gasteiger partial charge in [-0.1, -0.05) is 35.1 Å². The number of nitrogens with zero attached hydrogens (tertiary/aromatic N) is 2. The van der Waals surface area contributed by atoms with E-state index in [9.17, 15) is 4.39 Å². The SMILES string of the molecule is CCc1nnsc1C(N)Cc1cccc(F)c1Cl. The van der Waals surface area contributed by atoms with Crippen molar-refractivity contribution >= 4 is 23.1 Å². The van der Waals surface area contributed by atoms with Gasteiger partial charge in [0, 0.05) is 6.04 Å². The van der Waals surface area contributed by atoms with E-state index < -0.39 is 5.82 Å². The highest BCUT2D eigenvalue weighted by Crippen LogP contribution is 2.27. The second kappa shape index (κ2) is 5.73. The Morgan fingerprint density at radius 1 is 1.50 bits per heavy atom. The van der Waals surface area contributed by atoms with Crippen LogP contribution in [0.15, 0.2) is 18.2 Å². The van der Waals surface area contributed by atoms with Crippen LogP contribution in [-0.4, -0.2) is 9.59 Å². The van der Waals surface area contributed by atoms with Gasteiger partial charge in [0.1, 0.15) is 5.82 Å². The molecule has 0 radical (unpaired) electrons. The van der Waals surface area contributed by atoms with Gasteiger partial charge in [-0.3, -0.25) is 0 Å². The average molecular weight is 286 g/mol. The normalized spacial score (nSPS) is 12.7. The number of rotatable bonds is 4. The summed E-state index contributed by atoms with van der Waals surface area (Å²) in [6.45, 7) is 2.00. The maximum atomic E-state index is 13.3. The van der Waals surface area contributed by atoms with Gasteiger partial charge in [0.25, 0.3) is 0 Å². The third kappa shape index (κ3) is 2.68. The second-order valence-corrected chi connectivity index (χ2v) is 5.12. The smallest absolute Gasteiger partial charge is 0.142 e. The van der Waals surface area contributed by atoms with E-state index in [2.05, 4.69) is 9.59 Å². The molecule has 1 aromatic heterocycles. The van der Waals surface area contributed by atoms with E-state index in [0.717, 1.165) is 17.0 Å². The van der Waals surface area contributed by atoms with Crippen LogP contribution in [0.1, 0.15) is 29.1 Å². The van der Waals surface area contributed by atoms with Crippen LogP contribution in [0.5, 0.6) is 0 Å². The molecule has 0 saturated carbocycles. The lowest BCUT2D eigenvalue weighted by Gasteiger charge is -2.11. The number of nitrogens with two attached hydrogens (primary N) is 1. The molecule has 18 heavy (non-hydrogen) atoms. The van der Waals surface area contributed by atoms with Crippen molar-refractivity contribution in [1.82, 2.24) is 9.59 Å². The highest BCUT2D eigenvalue weighted by molar-refractivity contribution is 7.05. The lowest BCUT2D eigenvalue weighted by atomic mass is 10.0. The van der Waals surface area contributed by atoms with Gasteiger partial charge in [0.2, 0.25) is 0 Å². The minimum absolute atomic E-state index is 0.142. The first kappa shape index (κ1) is 13.4. The van der Waals surface area contributed by atoms with E-state index >= 15 is 0 Å². The summed E-state index contributed by atoms with van der Waals surface area (Å²) in [5.74, 6) is -0.417. The molecule has 0 amide bonds. The maximum absolute atomic E-state index is 13.3. The van der Waals surface area contributed by atoms with Crippen LogP contribution in [0.2, 0.25) is 5.02 Å². The summed E-state index contributed by atoms with van der Waals surface area (Å²) in [6.07, 6.45) is 1.27. The molecular formula is C12H13ClFN3S. The Kier molecular flexibility index (Phi) is 4.27. The summed E-state index contributed by atoms with van der Waals surface area (Å²) in [7, 11) is 0. The minimum atomic E-state index is -0.417. The maximum Gasteiger partial charge on any atom is 0.142 e. The molecule has 6 heteroatoms. The van der Waals surface area contributed by atoms with Gasteiger partial charge in [0.05, 0.1) is 15.6 Å². The van der Waals surface area contributed by atoms with E-state index in [1.807, 2.05) is 6.92 Å². The fourth-order valence-corrected chi connectivity index (χ4v) is 2.72. The van der Waals surface area contributed by atoms with E-state index in [1.165, 1.54) is 17.6 Å². The predicted molar refractivity (Wildman–Crippen MR) is 71.3 cm³/mol. The predicted octanol–water partition coefficient (Wildman–Crippen LogP) is 3.14. The monoisotopic (exact) mass is 285 g/mol. The van der Waals surface area contributed by atoms with Crippen LogP contribution in [0.25, 0.3) is 0 Å². The number of aromatic nitrogens is 2. The quantitative estimate of drug-likeness (QED) is 0.939. The lowest BCUT2D eigenvalue weighted by Crippen LogP contribution is -2.14. The molecule has 0 saturated heterocycles. The van der Waals surface area contributed by atoms with Crippen molar-refractivity contribution in [2.45, 2.75) is 25.8 Å². The van der Waals surface area contributed by atoms with Gasteiger partial charge < -0.3 is 5.73 Å². The molecule has 0 aliphatic rings. The van der Waals surface area contributed by atoms with E-state index in [4.69, 9.17) is 17.3 Å². The zero-order valence-electron chi connectivity index (χ0n) is 9.86. The Bertz CT molecular complexity index is 544. The largest absolute Gasteiger partial charge is 0.323 e. The Hall–Kier alpha value is -1.04. The molecule has 1 aromatic carbocycles. The van der Waals surface area contributed by atoms with Crippen molar-refractivity contribution in [3.05, 3.63) is 45.2 Å². The zero-order valence-corrected chi connectivity index (χ0v) is 11.4. The highest BCUT2D eigenvalue weighted by atomic mass is 35.5. The third-order valence-electron chi connectivity index (χ3n) is 2.73. The number of aryl methyl sites for hydroxylation is 1. The van der Waals surface area contributed by atoms with Crippen molar-refractivity contribution in [1.29, 1.82) is 0 Å². The first-order chi connectivity index (χ1) is 8.63. The Morgan fingerprint density at radius 2 is 2.28 bits per heavy atom. The zero-order chi connectivity index (χ0) is 13.1. The molecule has 0 fully saturated rings. The minimum Gasteiger partial charge on any atom is -0.323 e. The van der Waals surface area contributed by atoms with Gasteiger partial charge in [-0.15, -0.1) is 5.10 Å². The van der Waals surface area contributed by atoms with Crippen molar-refractivity contribution in [3.63, 3.8) is 0 Å². The van der Waals surface area contributed by atoms with E-state index in [1.54, 1.807) is 12.1 Å². The van der Waals surface area contributed by atoms with Crippen LogP contribution in [-0.2, 0) is 12.8 Å². The average Bonchev–Trinajstić information content (AvgIpc) is 2.83. The van der Waals surface area contributed by atoms with E-state index in [0.29, 0.717) is 12.0 Å². The lowest BCUT2D eigenvalue weighted by molar-refractivity contribution is 0.622. The highest BCUT2D eigenvalue weighted by Gasteiger charge is 2.17. The fraction of sp³-hybridized carbons (Fsp3) is 0.333. The van der Waals surface area contributed by atoms with Gasteiger partial charge in [0.15, 0.2) is 0 Å². The Labute approximate surface area is 114 Å². The number of halogens is 2. The van der Waals surface area contributed by atoms with Crippen molar-refractivity contribution < 1.29 is 4.39 Å². The fourth-order valence-electron chi connectivity index (χ4n) is 1.78. The van der Waals surface area contributed by atoms with E-state index in [-0.39, 0.29) is 11.1 Å². The van der Waals surface area contributed by atoms with Gasteiger partial charge in [-0.2, -0.15) is 0 Å². The summed E-state index contributed by atoms with van der Waals surface area (Å²) in [5.41, 5.74) is 7.73. The summed E-state index contributed by atoms with van der Waals surface area (Å²) in [4.78, 5) is 0.942. The molecule has 0 aliphatic heterocycles. The first-order valence-corrected chi connectivity index (χ1v) is 6.78. The van der Waals surface area contributed by atoms with Crippen LogP contribution in [0.4, 0.5) is 4.39 Å². The van der Waals surface area contributed by atoms with Gasteiger partial charge in [-0.25, -0.2) is 4.39 Å². The summed E-state index contributed by atoms with van der Waals surface area (Å²) < 4.78 is 17.2. The van der Waals surface area contributed by atoms with Crippen LogP contribution < -0.4 is 5.73 Å². The second-order valence-electron chi connectivity index (χ2n) is 3.96. The van der Waals surface area contributed by atoms with Gasteiger partial charge >= 0.3 is 0 Å². The topological polar surface area (TPSA) is 51.8 Å². The first-order valence-electron chi connectivity index (χ1n) is 5.63. The summed E-state index contributed by atoms with van der Waals surface area (Å²) in [6, 6.07) is 4.50. The number of benzene rings is 1. The molecule has 1 unspecified atom stereocenters. The summed E-state index contributed by atoms with van der Waals surface area (Å²) >= 11 is 7.20. The van der Waals surface area contributed by atoms with Crippen LogP contribution in [0, 0.1) is 5.82 Å². The molecule has 0 bridgehead atoms. The number of hydrogen-bond acceptors (Lipinski definition) is 4. The van der Waals surface area contributed by atoms with Gasteiger partial charge in [-0.05, 0) is 36.0 Å².